The van der Waals surface area contributed by atoms with E-state index in [2.05, 4.69) is 25.4 Å². The Morgan fingerprint density at radius 3 is 2.81 bits per heavy atom. The van der Waals surface area contributed by atoms with E-state index >= 15 is 0 Å². The first kappa shape index (κ1) is 16.6. The molecule has 1 saturated heterocycles. The highest BCUT2D eigenvalue weighted by atomic mass is 16.5. The molecule has 4 heterocycles. The topological polar surface area (TPSA) is 98.9 Å². The van der Waals surface area contributed by atoms with Crippen LogP contribution in [0.1, 0.15) is 24.3 Å². The predicted molar refractivity (Wildman–Crippen MR) is 95.5 cm³/mol. The molecule has 1 N–H and O–H groups in total. The van der Waals surface area contributed by atoms with Crippen molar-refractivity contribution in [3.8, 4) is 22.5 Å². The van der Waals surface area contributed by atoms with E-state index in [0.717, 1.165) is 42.0 Å². The molecule has 3 aromatic heterocycles. The lowest BCUT2D eigenvalue weighted by molar-refractivity contribution is 0.120. The van der Waals surface area contributed by atoms with Gasteiger partial charge in [-0.1, -0.05) is 5.16 Å². The fraction of sp³-hybridized carbons (Fsp3) is 0.389. The first-order chi connectivity index (χ1) is 12.7. The smallest absolute Gasteiger partial charge is 0.223 e. The molecule has 1 unspecified atom stereocenters. The lowest BCUT2D eigenvalue weighted by Crippen LogP contribution is -2.19. The largest absolute Gasteiger partial charge is 0.376 e. The van der Waals surface area contributed by atoms with E-state index in [1.807, 2.05) is 13.8 Å². The molecule has 1 atom stereocenters. The number of ether oxygens (including phenoxy) is 1. The van der Waals surface area contributed by atoms with Gasteiger partial charge in [0.15, 0.2) is 0 Å². The van der Waals surface area contributed by atoms with Crippen LogP contribution in [0.4, 0.5) is 5.95 Å². The van der Waals surface area contributed by atoms with Crippen molar-refractivity contribution in [1.29, 1.82) is 0 Å². The van der Waals surface area contributed by atoms with Crippen molar-refractivity contribution in [2.24, 2.45) is 0 Å². The zero-order valence-electron chi connectivity index (χ0n) is 14.8. The normalized spacial score (nSPS) is 16.8. The van der Waals surface area contributed by atoms with Crippen molar-refractivity contribution in [3.63, 3.8) is 0 Å². The summed E-state index contributed by atoms with van der Waals surface area (Å²) in [5.41, 5.74) is 3.85. The number of rotatable bonds is 5. The van der Waals surface area contributed by atoms with E-state index in [-0.39, 0.29) is 6.10 Å². The molecule has 1 fully saturated rings. The Labute approximate surface area is 151 Å². The molecule has 1 aliphatic heterocycles. The predicted octanol–water partition coefficient (Wildman–Crippen LogP) is 2.80. The molecule has 26 heavy (non-hydrogen) atoms. The Kier molecular flexibility index (Phi) is 4.57. The molecule has 0 radical (unpaired) electrons. The molecule has 0 saturated carbocycles. The van der Waals surface area contributed by atoms with Crippen LogP contribution < -0.4 is 5.32 Å². The third kappa shape index (κ3) is 3.28. The maximum absolute atomic E-state index is 5.65. The van der Waals surface area contributed by atoms with Crippen molar-refractivity contribution in [1.82, 2.24) is 25.1 Å². The van der Waals surface area contributed by atoms with Crippen LogP contribution >= 0.6 is 0 Å². The van der Waals surface area contributed by atoms with Gasteiger partial charge in [0.25, 0.3) is 0 Å². The van der Waals surface area contributed by atoms with Crippen LogP contribution in [0, 0.1) is 13.8 Å². The van der Waals surface area contributed by atoms with Crippen molar-refractivity contribution in [2.45, 2.75) is 32.8 Å². The van der Waals surface area contributed by atoms with E-state index in [1.54, 1.807) is 24.8 Å². The number of anilines is 1. The monoisotopic (exact) mass is 352 g/mol. The van der Waals surface area contributed by atoms with Crippen molar-refractivity contribution in [3.05, 3.63) is 36.2 Å². The molecule has 134 valence electrons. The molecule has 0 spiro atoms. The minimum atomic E-state index is 0.209. The van der Waals surface area contributed by atoms with Crippen molar-refractivity contribution >= 4 is 5.95 Å². The van der Waals surface area contributed by atoms with Gasteiger partial charge in [-0.15, -0.1) is 0 Å². The lowest BCUT2D eigenvalue weighted by atomic mass is 10.0. The fourth-order valence-corrected chi connectivity index (χ4v) is 3.11. The number of nitrogens with zero attached hydrogens (tertiary/aromatic N) is 5. The minimum Gasteiger partial charge on any atom is -0.376 e. The third-order valence-corrected chi connectivity index (χ3v) is 4.41. The average molecular weight is 352 g/mol. The third-order valence-electron chi connectivity index (χ3n) is 4.41. The summed E-state index contributed by atoms with van der Waals surface area (Å²) in [4.78, 5) is 17.7. The second-order valence-electron chi connectivity index (χ2n) is 6.26. The molecular formula is C18H20N6O2. The summed E-state index contributed by atoms with van der Waals surface area (Å²) in [6.07, 6.45) is 9.11. The maximum atomic E-state index is 5.65. The Bertz CT molecular complexity index is 870. The molecule has 8 heteroatoms. The van der Waals surface area contributed by atoms with Crippen LogP contribution in [0.15, 0.2) is 29.3 Å². The molecule has 0 amide bonds. The summed E-state index contributed by atoms with van der Waals surface area (Å²) in [5, 5.41) is 7.33. The van der Waals surface area contributed by atoms with E-state index in [4.69, 9.17) is 14.2 Å². The number of hydrogen-bond acceptors (Lipinski definition) is 8. The molecule has 4 rings (SSSR count). The SMILES string of the molecule is Cc1noc(C)c1-c1nc(NCC2CCCO2)ncc1-c1cnccn1. The quantitative estimate of drug-likeness (QED) is 0.748. The van der Waals surface area contributed by atoms with Crippen molar-refractivity contribution < 1.29 is 9.26 Å². The van der Waals surface area contributed by atoms with E-state index < -0.39 is 0 Å². The molecular weight excluding hydrogens is 332 g/mol. The summed E-state index contributed by atoms with van der Waals surface area (Å²) in [6.45, 7) is 5.28. The van der Waals surface area contributed by atoms with Crippen LogP contribution in [-0.2, 0) is 4.74 Å². The van der Waals surface area contributed by atoms with Gasteiger partial charge in [0, 0.05) is 37.3 Å². The Morgan fingerprint density at radius 1 is 1.19 bits per heavy atom. The standard InChI is InChI=1S/C18H20N6O2/c1-11-16(12(2)26-24-11)17-14(15-10-19-5-6-20-15)9-22-18(23-17)21-8-13-4-3-7-25-13/h5-6,9-10,13H,3-4,7-8H2,1-2H3,(H,21,22,23). The fourth-order valence-electron chi connectivity index (χ4n) is 3.11. The van der Waals surface area contributed by atoms with E-state index in [9.17, 15) is 0 Å². The lowest BCUT2D eigenvalue weighted by Gasteiger charge is -2.13. The van der Waals surface area contributed by atoms with Gasteiger partial charge in [-0.3, -0.25) is 9.97 Å². The molecule has 0 bridgehead atoms. The first-order valence-corrected chi connectivity index (χ1v) is 8.64. The number of hydrogen-bond donors (Lipinski definition) is 1. The van der Waals surface area contributed by atoms with Gasteiger partial charge in [-0.25, -0.2) is 9.97 Å². The summed E-state index contributed by atoms with van der Waals surface area (Å²) in [7, 11) is 0. The van der Waals surface area contributed by atoms with Gasteiger partial charge in [-0.05, 0) is 26.7 Å². The average Bonchev–Trinajstić information content (AvgIpc) is 3.30. The summed E-state index contributed by atoms with van der Waals surface area (Å²) >= 11 is 0. The molecule has 0 aromatic carbocycles. The number of nitrogens with one attached hydrogen (secondary N) is 1. The molecule has 0 aliphatic carbocycles. The van der Waals surface area contributed by atoms with Gasteiger partial charge in [0.1, 0.15) is 5.76 Å². The van der Waals surface area contributed by atoms with Gasteiger partial charge < -0.3 is 14.6 Å². The van der Waals surface area contributed by atoms with Crippen LogP contribution in [-0.4, -0.2) is 44.3 Å². The van der Waals surface area contributed by atoms with Gasteiger partial charge in [0.05, 0.1) is 34.9 Å². The first-order valence-electron chi connectivity index (χ1n) is 8.64. The van der Waals surface area contributed by atoms with Gasteiger partial charge in [0.2, 0.25) is 5.95 Å². The van der Waals surface area contributed by atoms with E-state index in [0.29, 0.717) is 23.9 Å². The number of aryl methyl sites for hydroxylation is 2. The number of aromatic nitrogens is 5. The van der Waals surface area contributed by atoms with Crippen molar-refractivity contribution in [2.75, 3.05) is 18.5 Å². The highest BCUT2D eigenvalue weighted by Crippen LogP contribution is 2.33. The molecule has 3 aromatic rings. The zero-order valence-corrected chi connectivity index (χ0v) is 14.8. The van der Waals surface area contributed by atoms with Gasteiger partial charge in [-0.2, -0.15) is 0 Å². The Balaban J connectivity index is 1.72. The molecule has 1 aliphatic rings. The summed E-state index contributed by atoms with van der Waals surface area (Å²) in [5.74, 6) is 1.25. The summed E-state index contributed by atoms with van der Waals surface area (Å²) < 4.78 is 11.0. The highest BCUT2D eigenvalue weighted by Gasteiger charge is 2.21. The van der Waals surface area contributed by atoms with Crippen LogP contribution in [0.3, 0.4) is 0 Å². The highest BCUT2D eigenvalue weighted by molar-refractivity contribution is 5.80. The summed E-state index contributed by atoms with van der Waals surface area (Å²) in [6, 6.07) is 0. The maximum Gasteiger partial charge on any atom is 0.223 e. The van der Waals surface area contributed by atoms with Crippen LogP contribution in [0.5, 0.6) is 0 Å². The van der Waals surface area contributed by atoms with Gasteiger partial charge >= 0.3 is 0 Å². The second kappa shape index (κ2) is 7.17. The Morgan fingerprint density at radius 2 is 2.12 bits per heavy atom. The molecule has 8 nitrogen and oxygen atoms in total. The van der Waals surface area contributed by atoms with Crippen LogP contribution in [0.2, 0.25) is 0 Å². The minimum absolute atomic E-state index is 0.209. The Hall–Kier alpha value is -2.87. The van der Waals surface area contributed by atoms with Crippen LogP contribution in [0.25, 0.3) is 22.5 Å². The zero-order chi connectivity index (χ0) is 17.9. The van der Waals surface area contributed by atoms with E-state index in [1.165, 1.54) is 0 Å². The second-order valence-corrected chi connectivity index (χ2v) is 6.26.